The summed E-state index contributed by atoms with van der Waals surface area (Å²) < 4.78 is 63.9. The van der Waals surface area contributed by atoms with E-state index >= 15 is 9.59 Å². The van der Waals surface area contributed by atoms with E-state index in [1.165, 1.54) is 24.3 Å². The van der Waals surface area contributed by atoms with Crippen LogP contribution < -0.4 is 0 Å². The SMILES string of the molecule is CC1COC(CCN2CCC(N(Cc3ccc(F)cc3)C(=O)C(OC(=O)C(=O)OC(C(=O)N(Cc3ccc(F)cc3)C3CCN(CCC4OCC(C)O4)CC3)c3ccc(C(C)C)cc3)c3ccc(C(C)C)cc3)CC2)O1. The molecule has 410 valence electrons. The Balaban J connectivity index is 1.05. The molecular weight excluding hydrogens is 975 g/mol. The summed E-state index contributed by atoms with van der Waals surface area (Å²) in [6, 6.07) is 25.6. The van der Waals surface area contributed by atoms with Crippen molar-refractivity contribution in [1.29, 1.82) is 0 Å². The molecule has 0 bridgehead atoms. The number of halogens is 2. The van der Waals surface area contributed by atoms with Crippen LogP contribution in [0.4, 0.5) is 8.78 Å². The molecule has 0 spiro atoms. The summed E-state index contributed by atoms with van der Waals surface area (Å²) in [6.07, 6.45) is 0.216. The van der Waals surface area contributed by atoms with Crippen LogP contribution in [0, 0.1) is 11.6 Å². The molecular formula is C60H76F2N4O10. The summed E-state index contributed by atoms with van der Waals surface area (Å²) in [6.45, 7) is 17.6. The number of carbonyl (C=O) groups is 4. The van der Waals surface area contributed by atoms with E-state index in [1.807, 2.05) is 65.8 Å². The second kappa shape index (κ2) is 26.6. The van der Waals surface area contributed by atoms with Crippen molar-refractivity contribution in [3.05, 3.63) is 142 Å². The van der Waals surface area contributed by atoms with Crippen LogP contribution in [0.1, 0.15) is 137 Å². The maximum absolute atomic E-state index is 15.3. The lowest BCUT2D eigenvalue weighted by molar-refractivity contribution is -0.181. The smallest absolute Gasteiger partial charge is 0.418 e. The van der Waals surface area contributed by atoms with Gasteiger partial charge in [-0.2, -0.15) is 0 Å². The van der Waals surface area contributed by atoms with Crippen molar-refractivity contribution in [2.24, 2.45) is 0 Å². The van der Waals surface area contributed by atoms with Crippen LogP contribution in [0.3, 0.4) is 0 Å². The number of nitrogens with zero attached hydrogens (tertiary/aromatic N) is 4. The lowest BCUT2D eigenvalue weighted by Crippen LogP contribution is -2.50. The molecule has 4 fully saturated rings. The van der Waals surface area contributed by atoms with Gasteiger partial charge in [-0.05, 0) is 97.9 Å². The van der Waals surface area contributed by atoms with Crippen LogP contribution in [0.25, 0.3) is 0 Å². The number of hydrogen-bond acceptors (Lipinski definition) is 12. The first-order chi connectivity index (χ1) is 36.6. The molecule has 0 radical (unpaired) electrons. The summed E-state index contributed by atoms with van der Waals surface area (Å²) in [5.74, 6) is -4.54. The highest BCUT2D eigenvalue weighted by molar-refractivity contribution is 6.30. The number of benzene rings is 4. The van der Waals surface area contributed by atoms with E-state index in [1.54, 1.807) is 58.3 Å². The van der Waals surface area contributed by atoms with Gasteiger partial charge in [0.15, 0.2) is 12.6 Å². The second-order valence-corrected chi connectivity index (χ2v) is 21.5. The van der Waals surface area contributed by atoms with Gasteiger partial charge in [0, 0.05) is 88.4 Å². The Kier molecular flexibility index (Phi) is 19.8. The molecule has 4 aliphatic heterocycles. The van der Waals surface area contributed by atoms with E-state index in [9.17, 15) is 18.4 Å². The third kappa shape index (κ3) is 15.3. The van der Waals surface area contributed by atoms with Gasteiger partial charge in [-0.15, -0.1) is 0 Å². The van der Waals surface area contributed by atoms with Gasteiger partial charge < -0.3 is 48.0 Å². The van der Waals surface area contributed by atoms with Crippen LogP contribution in [0.2, 0.25) is 0 Å². The number of piperidine rings is 2. The van der Waals surface area contributed by atoms with E-state index in [0.29, 0.717) is 100 Å². The predicted octanol–water partition coefficient (Wildman–Crippen LogP) is 9.37. The summed E-state index contributed by atoms with van der Waals surface area (Å²) in [4.78, 5) is 67.5. The Labute approximate surface area is 446 Å². The van der Waals surface area contributed by atoms with Crippen LogP contribution >= 0.6 is 0 Å². The van der Waals surface area contributed by atoms with Crippen molar-refractivity contribution < 1.29 is 56.4 Å². The minimum atomic E-state index is -1.59. The minimum absolute atomic E-state index is 0.0506. The second-order valence-electron chi connectivity index (χ2n) is 21.5. The Morgan fingerprint density at radius 1 is 0.526 bits per heavy atom. The number of ether oxygens (including phenoxy) is 6. The third-order valence-electron chi connectivity index (χ3n) is 15.1. The van der Waals surface area contributed by atoms with Crippen LogP contribution in [0.15, 0.2) is 97.1 Å². The first kappa shape index (κ1) is 56.6. The lowest BCUT2D eigenvalue weighted by Gasteiger charge is -2.40. The summed E-state index contributed by atoms with van der Waals surface area (Å²) in [7, 11) is 0. The van der Waals surface area contributed by atoms with Gasteiger partial charge >= 0.3 is 11.9 Å². The average Bonchev–Trinajstić information content (AvgIpc) is 4.07. The van der Waals surface area contributed by atoms with Gasteiger partial charge in [-0.25, -0.2) is 18.4 Å². The first-order valence-corrected chi connectivity index (χ1v) is 27.3. The molecule has 0 aromatic heterocycles. The topological polar surface area (TPSA) is 137 Å². The highest BCUT2D eigenvalue weighted by atomic mass is 19.1. The Morgan fingerprint density at radius 2 is 0.855 bits per heavy atom. The molecule has 2 amide bonds. The quantitative estimate of drug-likeness (QED) is 0.0617. The summed E-state index contributed by atoms with van der Waals surface area (Å²) >= 11 is 0. The van der Waals surface area contributed by atoms with E-state index in [2.05, 4.69) is 9.80 Å². The standard InChI is InChI=1S/C60H76F2N4O10/c1-39(2)45-11-15-47(16-12-45)55(57(67)65(35-43-7-19-49(61)20-8-43)51-23-29-63(30-24-51)33-27-53-71-37-41(5)73-53)75-59(69)60(70)76-56(48-17-13-46(14-18-48)40(3)4)58(68)66(36-44-9-21-50(62)22-10-44)52-25-31-64(32-26-52)34-28-54-72-38-42(6)74-54/h7-22,39-42,51-56H,23-38H2,1-6H3. The largest absolute Gasteiger partial charge is 0.439 e. The van der Waals surface area contributed by atoms with Crippen molar-refractivity contribution in [3.8, 4) is 0 Å². The molecule has 6 atom stereocenters. The summed E-state index contributed by atoms with van der Waals surface area (Å²) in [5, 5.41) is 0. The predicted molar refractivity (Wildman–Crippen MR) is 281 cm³/mol. The average molecular weight is 1050 g/mol. The maximum atomic E-state index is 15.3. The van der Waals surface area contributed by atoms with E-state index < -0.39 is 47.6 Å². The molecule has 0 aliphatic carbocycles. The molecule has 76 heavy (non-hydrogen) atoms. The van der Waals surface area contributed by atoms with Crippen molar-refractivity contribution in [3.63, 3.8) is 0 Å². The van der Waals surface area contributed by atoms with Crippen molar-refractivity contribution >= 4 is 23.8 Å². The highest BCUT2D eigenvalue weighted by Gasteiger charge is 2.41. The van der Waals surface area contributed by atoms with Gasteiger partial charge in [0.1, 0.15) is 11.6 Å². The molecule has 0 N–H and O–H groups in total. The number of carbonyl (C=O) groups excluding carboxylic acids is 4. The Morgan fingerprint density at radius 3 is 1.16 bits per heavy atom. The zero-order valence-electron chi connectivity index (χ0n) is 45.0. The number of esters is 2. The molecule has 14 nitrogen and oxygen atoms in total. The fraction of sp³-hybridized carbons (Fsp3) is 0.533. The van der Waals surface area contributed by atoms with E-state index in [4.69, 9.17) is 28.4 Å². The molecule has 0 saturated carbocycles. The van der Waals surface area contributed by atoms with E-state index in [0.717, 1.165) is 24.2 Å². The van der Waals surface area contributed by atoms with Crippen LogP contribution in [0.5, 0.6) is 0 Å². The number of hydrogen-bond donors (Lipinski definition) is 0. The van der Waals surface area contributed by atoms with Gasteiger partial charge in [-0.3, -0.25) is 9.59 Å². The maximum Gasteiger partial charge on any atom is 0.418 e. The minimum Gasteiger partial charge on any atom is -0.439 e. The fourth-order valence-electron chi connectivity index (χ4n) is 10.5. The fourth-order valence-corrected chi connectivity index (χ4v) is 10.5. The zero-order chi connectivity index (χ0) is 53.9. The zero-order valence-corrected chi connectivity index (χ0v) is 45.0. The molecule has 4 saturated heterocycles. The number of rotatable bonds is 20. The molecule has 4 heterocycles. The Bertz CT molecular complexity index is 2340. The third-order valence-corrected chi connectivity index (χ3v) is 15.1. The molecule has 16 heteroatoms. The van der Waals surface area contributed by atoms with Crippen molar-refractivity contribution in [1.82, 2.24) is 19.6 Å². The molecule has 4 aromatic carbocycles. The molecule has 4 aromatic rings. The molecule has 8 rings (SSSR count). The molecule has 4 aliphatic rings. The number of likely N-dealkylation sites (tertiary alicyclic amines) is 2. The van der Waals surface area contributed by atoms with Crippen molar-refractivity contribution in [2.45, 2.75) is 154 Å². The summed E-state index contributed by atoms with van der Waals surface area (Å²) in [5.41, 5.74) is 4.00. The first-order valence-electron chi connectivity index (χ1n) is 27.3. The van der Waals surface area contributed by atoms with Gasteiger partial charge in [0.2, 0.25) is 12.2 Å². The van der Waals surface area contributed by atoms with Crippen molar-refractivity contribution in [2.75, 3.05) is 52.5 Å². The lowest BCUT2D eigenvalue weighted by atomic mass is 9.97. The van der Waals surface area contributed by atoms with Crippen LogP contribution in [-0.4, -0.2) is 133 Å². The van der Waals surface area contributed by atoms with Gasteiger partial charge in [0.05, 0.1) is 25.4 Å². The van der Waals surface area contributed by atoms with Gasteiger partial charge in [-0.1, -0.05) is 100 Å². The Hall–Kier alpha value is -5.62. The number of amides is 2. The highest BCUT2D eigenvalue weighted by Crippen LogP contribution is 2.32. The van der Waals surface area contributed by atoms with Crippen LogP contribution in [-0.2, 0) is 60.7 Å². The van der Waals surface area contributed by atoms with Gasteiger partial charge in [0.25, 0.3) is 11.8 Å². The van der Waals surface area contributed by atoms with E-state index in [-0.39, 0.29) is 61.8 Å². The monoisotopic (exact) mass is 1050 g/mol. The molecule has 6 unspecified atom stereocenters. The normalized spacial score (nSPS) is 21.7.